The number of nitrogens with zero attached hydrogens (tertiary/aromatic N) is 2. The van der Waals surface area contributed by atoms with Gasteiger partial charge in [0.2, 0.25) is 5.91 Å². The molecule has 180 valence electrons. The molecule has 1 aliphatic rings. The summed E-state index contributed by atoms with van der Waals surface area (Å²) in [5.41, 5.74) is 3.71. The number of hydrogen-bond acceptors (Lipinski definition) is 6. The second kappa shape index (κ2) is 10.2. The number of aromatic amines is 1. The van der Waals surface area contributed by atoms with Gasteiger partial charge >= 0.3 is 5.97 Å². The molecule has 0 saturated carbocycles. The van der Waals surface area contributed by atoms with Crippen molar-refractivity contribution in [2.24, 2.45) is 0 Å². The number of fused-ring (bicyclic) bond motifs is 1. The van der Waals surface area contributed by atoms with E-state index in [4.69, 9.17) is 9.47 Å². The Kier molecular flexibility index (Phi) is 7.07. The minimum atomic E-state index is -0.508. The third-order valence-corrected chi connectivity index (χ3v) is 6.36. The van der Waals surface area contributed by atoms with Gasteiger partial charge in [-0.25, -0.2) is 4.79 Å². The Balaban J connectivity index is 1.38. The van der Waals surface area contributed by atoms with Crippen LogP contribution in [0.2, 0.25) is 0 Å². The Morgan fingerprint density at radius 2 is 1.97 bits per heavy atom. The molecular formula is C26H32N4O4. The second-order valence-electron chi connectivity index (χ2n) is 8.76. The lowest BCUT2D eigenvalue weighted by Gasteiger charge is -2.41. The number of nitrogens with one attached hydrogen (secondary N) is 2. The third-order valence-electron chi connectivity index (χ3n) is 6.36. The van der Waals surface area contributed by atoms with Crippen molar-refractivity contribution in [1.82, 2.24) is 9.88 Å². The molecule has 1 aliphatic heterocycles. The highest BCUT2D eigenvalue weighted by atomic mass is 16.5. The molecule has 0 aliphatic carbocycles. The number of anilines is 2. The number of H-pyrrole nitrogens is 1. The minimum Gasteiger partial charge on any atom is -0.497 e. The maximum Gasteiger partial charge on any atom is 0.356 e. The van der Waals surface area contributed by atoms with Crippen molar-refractivity contribution in [3.05, 3.63) is 53.7 Å². The fourth-order valence-corrected chi connectivity index (χ4v) is 4.56. The second-order valence-corrected chi connectivity index (χ2v) is 8.76. The van der Waals surface area contributed by atoms with Gasteiger partial charge in [0.1, 0.15) is 11.4 Å². The van der Waals surface area contributed by atoms with Crippen LogP contribution in [0.1, 0.15) is 29.4 Å². The molecule has 1 aromatic heterocycles. The van der Waals surface area contributed by atoms with Crippen LogP contribution >= 0.6 is 0 Å². The molecule has 1 saturated heterocycles. The molecule has 0 unspecified atom stereocenters. The van der Waals surface area contributed by atoms with Crippen molar-refractivity contribution in [2.45, 2.75) is 26.3 Å². The number of aryl methyl sites for hydroxylation is 1. The molecule has 8 heteroatoms. The molecule has 0 bridgehead atoms. The Hall–Kier alpha value is -3.52. The largest absolute Gasteiger partial charge is 0.497 e. The maximum atomic E-state index is 12.9. The number of ether oxygens (including phenoxy) is 2. The van der Waals surface area contributed by atoms with Crippen LogP contribution in [0.3, 0.4) is 0 Å². The van der Waals surface area contributed by atoms with E-state index in [1.165, 1.54) is 7.11 Å². The van der Waals surface area contributed by atoms with Gasteiger partial charge in [-0.05, 0) is 38.1 Å². The molecule has 3 aromatic rings. The summed E-state index contributed by atoms with van der Waals surface area (Å²) in [6.45, 7) is 7.44. The fraction of sp³-hybridized carbons (Fsp3) is 0.385. The number of aromatic nitrogens is 1. The van der Waals surface area contributed by atoms with Crippen LogP contribution in [0, 0.1) is 6.92 Å². The first-order valence-corrected chi connectivity index (χ1v) is 11.5. The van der Waals surface area contributed by atoms with Gasteiger partial charge in [0.05, 0.1) is 19.9 Å². The van der Waals surface area contributed by atoms with Gasteiger partial charge in [-0.3, -0.25) is 9.69 Å². The van der Waals surface area contributed by atoms with Gasteiger partial charge in [0, 0.05) is 61.3 Å². The molecule has 2 aromatic carbocycles. The first-order chi connectivity index (χ1) is 16.4. The zero-order chi connectivity index (χ0) is 24.2. The zero-order valence-electron chi connectivity index (χ0n) is 20.2. The predicted molar refractivity (Wildman–Crippen MR) is 134 cm³/mol. The van der Waals surface area contributed by atoms with E-state index in [0.29, 0.717) is 24.7 Å². The van der Waals surface area contributed by atoms with Gasteiger partial charge in [-0.1, -0.05) is 17.7 Å². The normalized spacial score (nSPS) is 16.5. The highest BCUT2D eigenvalue weighted by molar-refractivity contribution is 6.11. The van der Waals surface area contributed by atoms with Gasteiger partial charge in [-0.15, -0.1) is 0 Å². The van der Waals surface area contributed by atoms with Crippen LogP contribution in [0.15, 0.2) is 42.5 Å². The number of methoxy groups -OCH3 is 2. The molecule has 0 radical (unpaired) electrons. The summed E-state index contributed by atoms with van der Waals surface area (Å²) >= 11 is 0. The van der Waals surface area contributed by atoms with Gasteiger partial charge in [-0.2, -0.15) is 0 Å². The molecule has 34 heavy (non-hydrogen) atoms. The Morgan fingerprint density at radius 1 is 1.15 bits per heavy atom. The van der Waals surface area contributed by atoms with E-state index in [0.717, 1.165) is 47.5 Å². The lowest BCUT2D eigenvalue weighted by Crippen LogP contribution is -2.52. The summed E-state index contributed by atoms with van der Waals surface area (Å²) in [5, 5.41) is 3.75. The predicted octanol–water partition coefficient (Wildman–Crippen LogP) is 3.81. The highest BCUT2D eigenvalue weighted by Gasteiger charge is 2.25. The first-order valence-electron chi connectivity index (χ1n) is 11.5. The van der Waals surface area contributed by atoms with E-state index in [1.54, 1.807) is 7.11 Å². The summed E-state index contributed by atoms with van der Waals surface area (Å²) in [7, 11) is 3.01. The van der Waals surface area contributed by atoms with Crippen molar-refractivity contribution >= 4 is 34.2 Å². The first kappa shape index (κ1) is 23.6. The number of carbonyl (C=O) groups is 2. The smallest absolute Gasteiger partial charge is 0.356 e. The SMILES string of the molecule is COC(=O)c1[nH]c2ccc(C)cc2c1NC(=O)CCN1CCN(c2cccc(OC)c2)[C@H](C)C1. The average Bonchev–Trinajstić information content (AvgIpc) is 3.19. The number of rotatable bonds is 7. The van der Waals surface area contributed by atoms with Crippen molar-refractivity contribution in [3.8, 4) is 5.75 Å². The third kappa shape index (κ3) is 5.02. The summed E-state index contributed by atoms with van der Waals surface area (Å²) in [6, 6.07) is 14.2. The Labute approximate surface area is 199 Å². The quantitative estimate of drug-likeness (QED) is 0.517. The molecule has 2 heterocycles. The number of benzene rings is 2. The van der Waals surface area contributed by atoms with E-state index in [1.807, 2.05) is 37.3 Å². The molecule has 8 nitrogen and oxygen atoms in total. The van der Waals surface area contributed by atoms with Crippen LogP contribution in [0.4, 0.5) is 11.4 Å². The summed E-state index contributed by atoms with van der Waals surface area (Å²) < 4.78 is 10.3. The fourth-order valence-electron chi connectivity index (χ4n) is 4.56. The Morgan fingerprint density at radius 3 is 2.71 bits per heavy atom. The molecule has 4 rings (SSSR count). The van der Waals surface area contributed by atoms with E-state index in [-0.39, 0.29) is 11.6 Å². The lowest BCUT2D eigenvalue weighted by molar-refractivity contribution is -0.116. The van der Waals surface area contributed by atoms with Crippen molar-refractivity contribution in [2.75, 3.05) is 50.6 Å². The monoisotopic (exact) mass is 464 g/mol. The minimum absolute atomic E-state index is 0.129. The number of amides is 1. The number of esters is 1. The van der Waals surface area contributed by atoms with Crippen molar-refractivity contribution < 1.29 is 19.1 Å². The van der Waals surface area contributed by atoms with E-state index in [9.17, 15) is 9.59 Å². The summed E-state index contributed by atoms with van der Waals surface area (Å²) in [5.74, 6) is 0.213. The molecule has 2 N–H and O–H groups in total. The molecule has 1 amide bonds. The molecule has 1 atom stereocenters. The zero-order valence-corrected chi connectivity index (χ0v) is 20.2. The van der Waals surface area contributed by atoms with E-state index in [2.05, 4.69) is 39.2 Å². The number of hydrogen-bond donors (Lipinski definition) is 2. The standard InChI is InChI=1S/C26H32N4O4/c1-17-8-9-22-21(14-17)24(25(27-22)26(32)34-4)28-23(31)10-11-29-12-13-30(18(2)16-29)19-6-5-7-20(15-19)33-3/h5-9,14-15,18,27H,10-13,16H2,1-4H3,(H,28,31)/t18-/m1/s1. The van der Waals surface area contributed by atoms with E-state index < -0.39 is 5.97 Å². The van der Waals surface area contributed by atoms with Crippen LogP contribution in [0.25, 0.3) is 10.9 Å². The van der Waals surface area contributed by atoms with Gasteiger partial charge < -0.3 is 24.7 Å². The Bertz CT molecular complexity index is 1190. The van der Waals surface area contributed by atoms with Crippen LogP contribution in [0.5, 0.6) is 5.75 Å². The molecular weight excluding hydrogens is 432 g/mol. The van der Waals surface area contributed by atoms with E-state index >= 15 is 0 Å². The van der Waals surface area contributed by atoms with Gasteiger partial charge in [0.25, 0.3) is 0 Å². The highest BCUT2D eigenvalue weighted by Crippen LogP contribution is 2.30. The summed E-state index contributed by atoms with van der Waals surface area (Å²) in [6.07, 6.45) is 0.338. The van der Waals surface area contributed by atoms with Crippen LogP contribution < -0.4 is 15.0 Å². The van der Waals surface area contributed by atoms with Crippen molar-refractivity contribution in [3.63, 3.8) is 0 Å². The van der Waals surface area contributed by atoms with Crippen LogP contribution in [-0.2, 0) is 9.53 Å². The number of carbonyl (C=O) groups excluding carboxylic acids is 2. The number of piperazine rings is 1. The maximum absolute atomic E-state index is 12.9. The van der Waals surface area contributed by atoms with Gasteiger partial charge in [0.15, 0.2) is 0 Å². The average molecular weight is 465 g/mol. The molecule has 0 spiro atoms. The summed E-state index contributed by atoms with van der Waals surface area (Å²) in [4.78, 5) is 32.9. The lowest BCUT2D eigenvalue weighted by atomic mass is 10.1. The van der Waals surface area contributed by atoms with Crippen molar-refractivity contribution in [1.29, 1.82) is 0 Å². The molecule has 1 fully saturated rings. The van der Waals surface area contributed by atoms with Crippen LogP contribution in [-0.4, -0.2) is 68.2 Å². The topological polar surface area (TPSA) is 86.9 Å².